The lowest BCUT2D eigenvalue weighted by atomic mass is 10.1. The number of hydrogen-bond donors (Lipinski definition) is 0. The molecule has 0 spiro atoms. The first-order valence-electron chi connectivity index (χ1n) is 6.33. The Hall–Kier alpha value is -1.07. The van der Waals surface area contributed by atoms with Crippen LogP contribution in [0, 0.1) is 13.8 Å². The molecular formula is C14H18BrNO3. The molecule has 0 aliphatic carbocycles. The zero-order valence-corrected chi connectivity index (χ0v) is 12.8. The maximum Gasteiger partial charge on any atom is 0.260 e. The van der Waals surface area contributed by atoms with Crippen molar-refractivity contribution in [3.63, 3.8) is 0 Å². The average Bonchev–Trinajstić information content (AvgIpc) is 2.38. The number of carbonyl (C=O) groups is 1. The molecule has 1 heterocycles. The summed E-state index contributed by atoms with van der Waals surface area (Å²) in [7, 11) is 0. The minimum Gasteiger partial charge on any atom is -0.483 e. The standard InChI is InChI=1S/C14H18BrNO3/c1-10-7-12(15)8-11(2)14(10)19-9-13(17)16-3-5-18-6-4-16/h7-8H,3-6,9H2,1-2H3. The highest BCUT2D eigenvalue weighted by atomic mass is 79.9. The summed E-state index contributed by atoms with van der Waals surface area (Å²) in [6, 6.07) is 3.98. The van der Waals surface area contributed by atoms with Crippen molar-refractivity contribution in [2.24, 2.45) is 0 Å². The summed E-state index contributed by atoms with van der Waals surface area (Å²) < 4.78 is 11.9. The third-order valence-electron chi connectivity index (χ3n) is 3.13. The van der Waals surface area contributed by atoms with Gasteiger partial charge in [-0.05, 0) is 37.1 Å². The second-order valence-electron chi connectivity index (χ2n) is 4.65. The highest BCUT2D eigenvalue weighted by Gasteiger charge is 2.17. The molecule has 0 bridgehead atoms. The lowest BCUT2D eigenvalue weighted by Crippen LogP contribution is -2.43. The van der Waals surface area contributed by atoms with Gasteiger partial charge in [0.1, 0.15) is 5.75 Å². The molecule has 1 aromatic rings. The Bertz CT molecular complexity index is 447. The normalized spacial score (nSPS) is 15.4. The van der Waals surface area contributed by atoms with E-state index in [0.717, 1.165) is 21.3 Å². The Labute approximate surface area is 121 Å². The van der Waals surface area contributed by atoms with Gasteiger partial charge in [0.25, 0.3) is 5.91 Å². The van der Waals surface area contributed by atoms with Crippen LogP contribution in [0.1, 0.15) is 11.1 Å². The number of halogens is 1. The first-order valence-corrected chi connectivity index (χ1v) is 7.12. The van der Waals surface area contributed by atoms with E-state index in [-0.39, 0.29) is 12.5 Å². The molecular weight excluding hydrogens is 310 g/mol. The van der Waals surface area contributed by atoms with Crippen molar-refractivity contribution in [1.82, 2.24) is 4.90 Å². The molecule has 4 nitrogen and oxygen atoms in total. The Balaban J connectivity index is 1.96. The van der Waals surface area contributed by atoms with Gasteiger partial charge in [0, 0.05) is 17.6 Å². The Morgan fingerprint density at radius 3 is 2.47 bits per heavy atom. The topological polar surface area (TPSA) is 38.8 Å². The number of rotatable bonds is 3. The van der Waals surface area contributed by atoms with Crippen LogP contribution in [0.2, 0.25) is 0 Å². The number of amides is 1. The maximum atomic E-state index is 12.0. The molecule has 5 heteroatoms. The van der Waals surface area contributed by atoms with Crippen molar-refractivity contribution < 1.29 is 14.3 Å². The van der Waals surface area contributed by atoms with Gasteiger partial charge in [0.15, 0.2) is 6.61 Å². The van der Waals surface area contributed by atoms with Gasteiger partial charge in [0.2, 0.25) is 0 Å². The molecule has 104 valence electrons. The number of ether oxygens (including phenoxy) is 2. The zero-order valence-electron chi connectivity index (χ0n) is 11.2. The van der Waals surface area contributed by atoms with Gasteiger partial charge in [-0.3, -0.25) is 4.79 Å². The van der Waals surface area contributed by atoms with E-state index in [2.05, 4.69) is 15.9 Å². The lowest BCUT2D eigenvalue weighted by Gasteiger charge is -2.27. The van der Waals surface area contributed by atoms with Gasteiger partial charge in [-0.1, -0.05) is 15.9 Å². The van der Waals surface area contributed by atoms with Crippen LogP contribution in [0.3, 0.4) is 0 Å². The molecule has 0 aromatic heterocycles. The second-order valence-corrected chi connectivity index (χ2v) is 5.57. The predicted molar refractivity (Wildman–Crippen MR) is 76.5 cm³/mol. The van der Waals surface area contributed by atoms with Crippen molar-refractivity contribution in [3.8, 4) is 5.75 Å². The molecule has 0 radical (unpaired) electrons. The molecule has 1 aliphatic heterocycles. The van der Waals surface area contributed by atoms with Crippen LogP contribution in [-0.4, -0.2) is 43.7 Å². The fraction of sp³-hybridized carbons (Fsp3) is 0.500. The summed E-state index contributed by atoms with van der Waals surface area (Å²) in [5, 5.41) is 0. The number of benzene rings is 1. The highest BCUT2D eigenvalue weighted by molar-refractivity contribution is 9.10. The molecule has 1 saturated heterocycles. The van der Waals surface area contributed by atoms with Crippen molar-refractivity contribution in [1.29, 1.82) is 0 Å². The number of nitrogens with zero attached hydrogens (tertiary/aromatic N) is 1. The molecule has 0 unspecified atom stereocenters. The first-order chi connectivity index (χ1) is 9.08. The van der Waals surface area contributed by atoms with E-state index in [0.29, 0.717) is 26.3 Å². The number of aryl methyl sites for hydroxylation is 2. The van der Waals surface area contributed by atoms with Crippen LogP contribution in [0.25, 0.3) is 0 Å². The summed E-state index contributed by atoms with van der Waals surface area (Å²) in [4.78, 5) is 13.8. The van der Waals surface area contributed by atoms with Crippen molar-refractivity contribution in [3.05, 3.63) is 27.7 Å². The summed E-state index contributed by atoms with van der Waals surface area (Å²) >= 11 is 3.45. The Kier molecular flexibility index (Phi) is 4.82. The van der Waals surface area contributed by atoms with E-state index in [1.54, 1.807) is 4.90 Å². The van der Waals surface area contributed by atoms with Crippen molar-refractivity contribution >= 4 is 21.8 Å². The predicted octanol–water partition coefficient (Wildman–Crippen LogP) is 2.30. The monoisotopic (exact) mass is 327 g/mol. The van der Waals surface area contributed by atoms with E-state index in [1.807, 2.05) is 26.0 Å². The SMILES string of the molecule is Cc1cc(Br)cc(C)c1OCC(=O)N1CCOCC1. The molecule has 0 N–H and O–H groups in total. The van der Waals surface area contributed by atoms with Crippen LogP contribution >= 0.6 is 15.9 Å². The van der Waals surface area contributed by atoms with Crippen LogP contribution in [0.4, 0.5) is 0 Å². The third-order valence-corrected chi connectivity index (χ3v) is 3.59. The van der Waals surface area contributed by atoms with E-state index in [4.69, 9.17) is 9.47 Å². The van der Waals surface area contributed by atoms with Crippen LogP contribution in [0.15, 0.2) is 16.6 Å². The lowest BCUT2D eigenvalue weighted by molar-refractivity contribution is -0.137. The number of carbonyl (C=O) groups excluding carboxylic acids is 1. The molecule has 1 amide bonds. The second kappa shape index (κ2) is 6.39. The Morgan fingerprint density at radius 2 is 1.89 bits per heavy atom. The van der Waals surface area contributed by atoms with E-state index >= 15 is 0 Å². The summed E-state index contributed by atoms with van der Waals surface area (Å²) in [6.07, 6.45) is 0. The highest BCUT2D eigenvalue weighted by Crippen LogP contribution is 2.27. The van der Waals surface area contributed by atoms with Crippen LogP contribution in [-0.2, 0) is 9.53 Å². The summed E-state index contributed by atoms with van der Waals surface area (Å²) in [5.74, 6) is 0.815. The van der Waals surface area contributed by atoms with Crippen LogP contribution in [0.5, 0.6) is 5.75 Å². The van der Waals surface area contributed by atoms with Gasteiger partial charge in [-0.15, -0.1) is 0 Å². The number of morpholine rings is 1. The van der Waals surface area contributed by atoms with Gasteiger partial charge >= 0.3 is 0 Å². The van der Waals surface area contributed by atoms with E-state index in [9.17, 15) is 4.79 Å². The van der Waals surface area contributed by atoms with Gasteiger partial charge in [-0.2, -0.15) is 0 Å². The maximum absolute atomic E-state index is 12.0. The van der Waals surface area contributed by atoms with Crippen molar-refractivity contribution in [2.45, 2.75) is 13.8 Å². The largest absolute Gasteiger partial charge is 0.483 e. The molecule has 0 saturated carbocycles. The quantitative estimate of drug-likeness (QED) is 0.855. The van der Waals surface area contributed by atoms with Crippen molar-refractivity contribution in [2.75, 3.05) is 32.9 Å². The molecule has 1 aliphatic rings. The Morgan fingerprint density at radius 1 is 1.32 bits per heavy atom. The fourth-order valence-electron chi connectivity index (χ4n) is 2.16. The summed E-state index contributed by atoms with van der Waals surface area (Å²) in [6.45, 7) is 6.58. The minimum atomic E-state index is 0.0185. The zero-order chi connectivity index (χ0) is 13.8. The van der Waals surface area contributed by atoms with Gasteiger partial charge in [0.05, 0.1) is 13.2 Å². The molecule has 1 aromatic carbocycles. The van der Waals surface area contributed by atoms with E-state index < -0.39 is 0 Å². The smallest absolute Gasteiger partial charge is 0.260 e. The third kappa shape index (κ3) is 3.70. The fourth-order valence-corrected chi connectivity index (χ4v) is 2.85. The van der Waals surface area contributed by atoms with Gasteiger partial charge < -0.3 is 14.4 Å². The molecule has 19 heavy (non-hydrogen) atoms. The average molecular weight is 328 g/mol. The van der Waals surface area contributed by atoms with Gasteiger partial charge in [-0.25, -0.2) is 0 Å². The summed E-state index contributed by atoms with van der Waals surface area (Å²) in [5.41, 5.74) is 2.06. The van der Waals surface area contributed by atoms with Crippen LogP contribution < -0.4 is 4.74 Å². The first kappa shape index (κ1) is 14.3. The molecule has 1 fully saturated rings. The van der Waals surface area contributed by atoms with E-state index in [1.165, 1.54) is 0 Å². The molecule has 0 atom stereocenters. The molecule has 2 rings (SSSR count). The number of hydrogen-bond acceptors (Lipinski definition) is 3. The minimum absolute atomic E-state index is 0.0185.